The van der Waals surface area contributed by atoms with Crippen molar-refractivity contribution in [2.24, 2.45) is 16.8 Å². The Hall–Kier alpha value is -7.03. The van der Waals surface area contributed by atoms with E-state index in [-0.39, 0.29) is 0 Å². The lowest BCUT2D eigenvalue weighted by atomic mass is 9.73. The second-order valence-corrected chi connectivity index (χ2v) is 18.9. The molecule has 2 atom stereocenters. The Morgan fingerprint density at radius 1 is 0.797 bits per heavy atom. The fraction of sp³-hybridized carbons (Fsp3) is 0.239. The topological polar surface area (TPSA) is 15.6 Å². The highest BCUT2D eigenvalue weighted by molar-refractivity contribution is 5.84. The van der Waals surface area contributed by atoms with Gasteiger partial charge in [0.25, 0.3) is 0 Å². The maximum atomic E-state index is 4.87. The van der Waals surface area contributed by atoms with E-state index in [0.29, 0.717) is 11.8 Å². The van der Waals surface area contributed by atoms with Gasteiger partial charge in [0.05, 0.1) is 0 Å². The number of rotatable bonds is 18. The van der Waals surface area contributed by atoms with Crippen LogP contribution in [0.15, 0.2) is 279 Å². The van der Waals surface area contributed by atoms with Crippen molar-refractivity contribution in [2.45, 2.75) is 85.0 Å². The molecule has 69 heavy (non-hydrogen) atoms. The van der Waals surface area contributed by atoms with Crippen molar-refractivity contribution in [3.8, 4) is 0 Å². The summed E-state index contributed by atoms with van der Waals surface area (Å²) >= 11 is 0. The molecular weight excluding hydrogens is 833 g/mol. The summed E-state index contributed by atoms with van der Waals surface area (Å²) in [6.45, 7) is 24.6. The molecule has 0 saturated carbocycles. The molecular formula is C67H70N2. The minimum Gasteiger partial charge on any atom is -0.348 e. The number of hydrogen-bond donors (Lipinski definition) is 0. The van der Waals surface area contributed by atoms with Crippen LogP contribution in [0.1, 0.15) is 96.1 Å². The molecule has 2 unspecified atom stereocenters. The van der Waals surface area contributed by atoms with Gasteiger partial charge in [-0.2, -0.15) is 0 Å². The van der Waals surface area contributed by atoms with Crippen LogP contribution in [0.5, 0.6) is 0 Å². The first-order valence-corrected chi connectivity index (χ1v) is 25.3. The van der Waals surface area contributed by atoms with Crippen molar-refractivity contribution >= 4 is 17.9 Å². The van der Waals surface area contributed by atoms with Gasteiger partial charge in [-0.05, 0) is 175 Å². The smallest absolute Gasteiger partial charge is 0.0335 e. The SMILES string of the molecule is C=C/C=C\C1=CCCC=C1/C(C=C(C)C)=C(CCN(C1=CC(c2ccccc2)=C(C(=C)C2=C(CC)CCC=C2)CC1)C1=CC(c2ccccc2)=C(C2=CC=CC3C=CC=CC23)CC1)\C(C=C)=C\N=C. The Bertz CT molecular complexity index is 2860. The summed E-state index contributed by atoms with van der Waals surface area (Å²) in [5.74, 6) is 0.694. The highest BCUT2D eigenvalue weighted by Gasteiger charge is 2.31. The van der Waals surface area contributed by atoms with Crippen LogP contribution in [0.25, 0.3) is 11.1 Å². The number of fused-ring (bicyclic) bond motifs is 1. The van der Waals surface area contributed by atoms with Crippen LogP contribution in [0.3, 0.4) is 0 Å². The maximum Gasteiger partial charge on any atom is 0.0335 e. The number of hydrogen-bond acceptors (Lipinski definition) is 2. The first-order valence-electron chi connectivity index (χ1n) is 25.3. The molecule has 8 rings (SSSR count). The summed E-state index contributed by atoms with van der Waals surface area (Å²) in [6, 6.07) is 22.1. The van der Waals surface area contributed by atoms with Crippen molar-refractivity contribution in [2.75, 3.05) is 6.54 Å². The molecule has 6 aliphatic carbocycles. The predicted octanol–water partition coefficient (Wildman–Crippen LogP) is 17.8. The van der Waals surface area contributed by atoms with Gasteiger partial charge in [0.1, 0.15) is 0 Å². The highest BCUT2D eigenvalue weighted by Crippen LogP contribution is 2.46. The fourth-order valence-corrected chi connectivity index (χ4v) is 11.0. The van der Waals surface area contributed by atoms with Gasteiger partial charge in [-0.1, -0.05) is 196 Å². The molecule has 0 saturated heterocycles. The number of benzene rings is 2. The molecule has 0 bridgehead atoms. The van der Waals surface area contributed by atoms with Crippen molar-refractivity contribution in [1.29, 1.82) is 0 Å². The zero-order valence-electron chi connectivity index (χ0n) is 41.4. The van der Waals surface area contributed by atoms with E-state index in [1.54, 1.807) is 0 Å². The van der Waals surface area contributed by atoms with Gasteiger partial charge >= 0.3 is 0 Å². The van der Waals surface area contributed by atoms with Crippen LogP contribution in [0.2, 0.25) is 0 Å². The first-order chi connectivity index (χ1) is 33.8. The van der Waals surface area contributed by atoms with E-state index in [1.807, 2.05) is 24.4 Å². The summed E-state index contributed by atoms with van der Waals surface area (Å²) in [7, 11) is 0. The van der Waals surface area contributed by atoms with Crippen molar-refractivity contribution < 1.29 is 0 Å². The number of allylic oxidation sites excluding steroid dienone is 33. The van der Waals surface area contributed by atoms with Crippen molar-refractivity contribution in [1.82, 2.24) is 4.90 Å². The molecule has 0 heterocycles. The van der Waals surface area contributed by atoms with E-state index in [0.717, 1.165) is 76.3 Å². The van der Waals surface area contributed by atoms with Crippen LogP contribution in [0, 0.1) is 11.8 Å². The first kappa shape index (κ1) is 48.4. The Balaban J connectivity index is 1.33. The minimum absolute atomic E-state index is 0.325. The van der Waals surface area contributed by atoms with Crippen LogP contribution in [0.4, 0.5) is 0 Å². The molecule has 2 aromatic rings. The Morgan fingerprint density at radius 3 is 2.20 bits per heavy atom. The largest absolute Gasteiger partial charge is 0.348 e. The molecule has 2 heteroatoms. The summed E-state index contributed by atoms with van der Waals surface area (Å²) in [5, 5.41) is 0. The van der Waals surface area contributed by atoms with Gasteiger partial charge in [-0.25, -0.2) is 0 Å². The minimum atomic E-state index is 0.325. The van der Waals surface area contributed by atoms with Gasteiger partial charge in [-0.15, -0.1) is 0 Å². The van der Waals surface area contributed by atoms with E-state index >= 15 is 0 Å². The molecule has 0 radical (unpaired) electrons. The monoisotopic (exact) mass is 903 g/mol. The summed E-state index contributed by atoms with van der Waals surface area (Å²) in [6.07, 6.45) is 52.6. The Labute approximate surface area is 414 Å². The lowest BCUT2D eigenvalue weighted by Crippen LogP contribution is -2.28. The molecule has 0 aliphatic heterocycles. The quantitative estimate of drug-likeness (QED) is 0.107. The Kier molecular flexibility index (Phi) is 16.4. The zero-order chi connectivity index (χ0) is 48.1. The van der Waals surface area contributed by atoms with Gasteiger partial charge in [-0.3, -0.25) is 4.99 Å². The zero-order valence-corrected chi connectivity index (χ0v) is 41.4. The lowest BCUT2D eigenvalue weighted by molar-refractivity contribution is 0.395. The average Bonchev–Trinajstić information content (AvgIpc) is 3.40. The van der Waals surface area contributed by atoms with E-state index in [2.05, 4.69) is 202 Å². The van der Waals surface area contributed by atoms with Gasteiger partial charge in [0.15, 0.2) is 0 Å². The normalized spacial score (nSPS) is 20.6. The third kappa shape index (κ3) is 11.1. The second kappa shape index (κ2) is 23.3. The van der Waals surface area contributed by atoms with Crippen LogP contribution in [-0.4, -0.2) is 18.2 Å². The summed E-state index contributed by atoms with van der Waals surface area (Å²) < 4.78 is 0. The molecule has 2 aromatic carbocycles. The lowest BCUT2D eigenvalue weighted by Gasteiger charge is -2.37. The third-order valence-corrected chi connectivity index (χ3v) is 14.3. The molecule has 0 aromatic heterocycles. The molecule has 0 amide bonds. The molecule has 0 spiro atoms. The van der Waals surface area contributed by atoms with E-state index in [1.165, 1.54) is 95.0 Å². The van der Waals surface area contributed by atoms with Crippen LogP contribution >= 0.6 is 0 Å². The maximum absolute atomic E-state index is 4.87. The highest BCUT2D eigenvalue weighted by atomic mass is 15.1. The average molecular weight is 903 g/mol. The third-order valence-electron chi connectivity index (χ3n) is 14.3. The van der Waals surface area contributed by atoms with E-state index in [4.69, 9.17) is 6.58 Å². The number of aliphatic imine (C=N–C) groups is 1. The molecule has 348 valence electrons. The van der Waals surface area contributed by atoms with E-state index < -0.39 is 0 Å². The fourth-order valence-electron chi connectivity index (χ4n) is 11.0. The van der Waals surface area contributed by atoms with Crippen molar-refractivity contribution in [3.05, 3.63) is 285 Å². The summed E-state index contributed by atoms with van der Waals surface area (Å²) in [5.41, 5.74) is 23.1. The van der Waals surface area contributed by atoms with Crippen molar-refractivity contribution in [3.63, 3.8) is 0 Å². The van der Waals surface area contributed by atoms with E-state index in [9.17, 15) is 0 Å². The molecule has 0 fully saturated rings. The number of nitrogens with zero attached hydrogens (tertiary/aromatic N) is 2. The predicted molar refractivity (Wildman–Crippen MR) is 299 cm³/mol. The standard InChI is InChI=1S/C67H70N2/c1-8-11-25-52-31-20-23-36-61(52)67(44-48(4)5)62(51(10-3)47-68-7)42-43-69(56-38-40-59(65(45-56)54-27-14-12-15-28-54)49(6)58-34-21-18-26-50(58)9-2)57-39-41-64(66(46-57)55-29-16-13-17-30-55)63-37-24-33-53-32-19-22-35-60(53)63/h8,10-17,19,21-22,24-25,27-37,44-47,53,60H,1,3,6-7,9,18,20,23,26,38-43H2,2,4-5H3/b25-11-,51-47+,67-62-. The molecule has 0 N–H and O–H groups in total. The summed E-state index contributed by atoms with van der Waals surface area (Å²) in [4.78, 5) is 7.06. The Morgan fingerprint density at radius 2 is 1.49 bits per heavy atom. The molecule has 6 aliphatic rings. The second-order valence-electron chi connectivity index (χ2n) is 18.9. The van der Waals surface area contributed by atoms with Gasteiger partial charge in [0, 0.05) is 36.0 Å². The van der Waals surface area contributed by atoms with Gasteiger partial charge in [0.2, 0.25) is 0 Å². The van der Waals surface area contributed by atoms with Crippen LogP contribution < -0.4 is 0 Å². The van der Waals surface area contributed by atoms with Gasteiger partial charge < -0.3 is 4.90 Å². The molecule has 2 nitrogen and oxygen atoms in total. The van der Waals surface area contributed by atoms with Crippen LogP contribution in [-0.2, 0) is 0 Å².